The van der Waals surface area contributed by atoms with Crippen LogP contribution < -0.4 is 0 Å². The molecule has 2 heterocycles. The largest absolute Gasteiger partial charge is 0.315 e. The maximum Gasteiger partial charge on any atom is 0.225 e. The van der Waals surface area contributed by atoms with Crippen molar-refractivity contribution in [1.29, 1.82) is 0 Å². The summed E-state index contributed by atoms with van der Waals surface area (Å²) in [6.45, 7) is 7.60. The minimum atomic E-state index is 0.449. The zero-order valence-electron chi connectivity index (χ0n) is 9.77. The highest BCUT2D eigenvalue weighted by molar-refractivity contribution is 5.97. The van der Waals surface area contributed by atoms with Gasteiger partial charge in [-0.25, -0.2) is 9.98 Å². The molecule has 0 radical (unpaired) electrons. The van der Waals surface area contributed by atoms with Gasteiger partial charge in [0, 0.05) is 19.0 Å². The van der Waals surface area contributed by atoms with E-state index in [0.29, 0.717) is 12.0 Å². The standard InChI is InChI=1S/C12H19N3/c1-4-5-11-8-15-7-10(9(2)3)6-13-12(15)14-11/h6-7,9,11H,4-5,8H2,1-3H3. The molecule has 0 saturated heterocycles. The average molecular weight is 205 g/mol. The van der Waals surface area contributed by atoms with Gasteiger partial charge in [-0.3, -0.25) is 0 Å². The van der Waals surface area contributed by atoms with Crippen molar-refractivity contribution >= 4 is 12.2 Å². The second-order valence-electron chi connectivity index (χ2n) is 4.57. The monoisotopic (exact) mass is 205 g/mol. The van der Waals surface area contributed by atoms with E-state index in [9.17, 15) is 0 Å². The molecule has 0 aliphatic carbocycles. The van der Waals surface area contributed by atoms with E-state index in [1.54, 1.807) is 0 Å². The third kappa shape index (κ3) is 2.11. The van der Waals surface area contributed by atoms with Crippen LogP contribution in [-0.4, -0.2) is 29.7 Å². The Kier molecular flexibility index (Phi) is 2.89. The summed E-state index contributed by atoms with van der Waals surface area (Å²) in [7, 11) is 0. The summed E-state index contributed by atoms with van der Waals surface area (Å²) < 4.78 is 0. The molecule has 82 valence electrons. The maximum absolute atomic E-state index is 4.59. The summed E-state index contributed by atoms with van der Waals surface area (Å²) in [5.41, 5.74) is 1.30. The van der Waals surface area contributed by atoms with Crippen molar-refractivity contribution in [2.75, 3.05) is 6.54 Å². The van der Waals surface area contributed by atoms with E-state index >= 15 is 0 Å². The van der Waals surface area contributed by atoms with E-state index in [-0.39, 0.29) is 0 Å². The third-order valence-electron chi connectivity index (χ3n) is 2.88. The molecule has 0 fully saturated rings. The average Bonchev–Trinajstić information content (AvgIpc) is 2.59. The van der Waals surface area contributed by atoms with Gasteiger partial charge >= 0.3 is 0 Å². The normalized spacial score (nSPS) is 24.3. The van der Waals surface area contributed by atoms with Crippen molar-refractivity contribution in [1.82, 2.24) is 4.90 Å². The fraction of sp³-hybridized carbons (Fsp3) is 0.667. The molecule has 1 atom stereocenters. The number of allylic oxidation sites excluding steroid dienone is 1. The number of hydrogen-bond donors (Lipinski definition) is 0. The van der Waals surface area contributed by atoms with Crippen LogP contribution in [0.25, 0.3) is 0 Å². The minimum Gasteiger partial charge on any atom is -0.315 e. The highest BCUT2D eigenvalue weighted by atomic mass is 15.3. The molecule has 0 spiro atoms. The first-order valence-corrected chi connectivity index (χ1v) is 5.81. The van der Waals surface area contributed by atoms with Gasteiger partial charge in [0.1, 0.15) is 0 Å². The molecule has 2 aliphatic heterocycles. The molecule has 2 aliphatic rings. The van der Waals surface area contributed by atoms with Gasteiger partial charge in [0.2, 0.25) is 5.96 Å². The molecular formula is C12H19N3. The predicted molar refractivity (Wildman–Crippen MR) is 64.3 cm³/mol. The second kappa shape index (κ2) is 4.17. The first-order chi connectivity index (χ1) is 7.20. The summed E-state index contributed by atoms with van der Waals surface area (Å²) in [6, 6.07) is 0.449. The summed E-state index contributed by atoms with van der Waals surface area (Å²) in [5, 5.41) is 0. The van der Waals surface area contributed by atoms with E-state index in [4.69, 9.17) is 0 Å². The van der Waals surface area contributed by atoms with E-state index in [0.717, 1.165) is 12.5 Å². The molecule has 3 heteroatoms. The first kappa shape index (κ1) is 10.4. The minimum absolute atomic E-state index is 0.449. The number of nitrogens with zero attached hydrogens (tertiary/aromatic N) is 3. The van der Waals surface area contributed by atoms with Gasteiger partial charge in [-0.2, -0.15) is 0 Å². The van der Waals surface area contributed by atoms with E-state index < -0.39 is 0 Å². The van der Waals surface area contributed by atoms with Crippen molar-refractivity contribution in [2.24, 2.45) is 15.9 Å². The molecule has 3 nitrogen and oxygen atoms in total. The lowest BCUT2D eigenvalue weighted by Gasteiger charge is -2.20. The lowest BCUT2D eigenvalue weighted by Crippen LogP contribution is -2.26. The van der Waals surface area contributed by atoms with E-state index in [2.05, 4.69) is 41.9 Å². The predicted octanol–water partition coefficient (Wildman–Crippen LogP) is 2.45. The van der Waals surface area contributed by atoms with Crippen LogP contribution in [0.1, 0.15) is 33.6 Å². The van der Waals surface area contributed by atoms with Crippen LogP contribution in [0.5, 0.6) is 0 Å². The highest BCUT2D eigenvalue weighted by Gasteiger charge is 2.25. The molecule has 0 aromatic rings. The molecule has 1 unspecified atom stereocenters. The Bertz CT molecular complexity index is 326. The van der Waals surface area contributed by atoms with Crippen molar-refractivity contribution in [3.8, 4) is 0 Å². The summed E-state index contributed by atoms with van der Waals surface area (Å²) in [5.74, 6) is 1.44. The van der Waals surface area contributed by atoms with Gasteiger partial charge in [0.25, 0.3) is 0 Å². The Morgan fingerprint density at radius 2 is 2.33 bits per heavy atom. The van der Waals surface area contributed by atoms with Crippen LogP contribution in [0, 0.1) is 5.92 Å². The Labute approximate surface area is 91.6 Å². The second-order valence-corrected chi connectivity index (χ2v) is 4.57. The fourth-order valence-electron chi connectivity index (χ4n) is 1.94. The lowest BCUT2D eigenvalue weighted by molar-refractivity contribution is 0.503. The van der Waals surface area contributed by atoms with Crippen LogP contribution in [0.4, 0.5) is 0 Å². The van der Waals surface area contributed by atoms with Crippen LogP contribution in [-0.2, 0) is 0 Å². The third-order valence-corrected chi connectivity index (χ3v) is 2.88. The maximum atomic E-state index is 4.59. The molecule has 15 heavy (non-hydrogen) atoms. The van der Waals surface area contributed by atoms with Crippen molar-refractivity contribution in [3.05, 3.63) is 11.8 Å². The molecular weight excluding hydrogens is 186 g/mol. The lowest BCUT2D eigenvalue weighted by atomic mass is 10.1. The van der Waals surface area contributed by atoms with Crippen LogP contribution in [0.15, 0.2) is 21.8 Å². The Balaban J connectivity index is 2.09. The quantitative estimate of drug-likeness (QED) is 0.695. The summed E-state index contributed by atoms with van der Waals surface area (Å²) >= 11 is 0. The van der Waals surface area contributed by atoms with E-state index in [1.165, 1.54) is 18.4 Å². The summed E-state index contributed by atoms with van der Waals surface area (Å²) in [6.07, 6.45) is 6.51. The van der Waals surface area contributed by atoms with Gasteiger partial charge < -0.3 is 4.90 Å². The van der Waals surface area contributed by atoms with Gasteiger partial charge in [-0.15, -0.1) is 0 Å². The van der Waals surface area contributed by atoms with Crippen molar-refractivity contribution in [2.45, 2.75) is 39.7 Å². The van der Waals surface area contributed by atoms with Crippen LogP contribution in [0.2, 0.25) is 0 Å². The van der Waals surface area contributed by atoms with Crippen molar-refractivity contribution in [3.63, 3.8) is 0 Å². The Morgan fingerprint density at radius 1 is 1.53 bits per heavy atom. The van der Waals surface area contributed by atoms with Crippen LogP contribution in [0.3, 0.4) is 0 Å². The first-order valence-electron chi connectivity index (χ1n) is 5.81. The van der Waals surface area contributed by atoms with Crippen LogP contribution >= 0.6 is 0 Å². The molecule has 0 N–H and O–H groups in total. The topological polar surface area (TPSA) is 28.0 Å². The number of guanidine groups is 1. The number of rotatable bonds is 3. The van der Waals surface area contributed by atoms with Gasteiger partial charge in [-0.1, -0.05) is 27.2 Å². The van der Waals surface area contributed by atoms with Gasteiger partial charge in [0.15, 0.2) is 0 Å². The SMILES string of the molecule is CCCC1CN2C=C(C(C)C)C=NC2=N1. The summed E-state index contributed by atoms with van der Waals surface area (Å²) in [4.78, 5) is 11.2. The number of hydrogen-bond acceptors (Lipinski definition) is 3. The molecule has 0 amide bonds. The van der Waals surface area contributed by atoms with Crippen molar-refractivity contribution < 1.29 is 0 Å². The number of fused-ring (bicyclic) bond motifs is 1. The Morgan fingerprint density at radius 3 is 3.00 bits per heavy atom. The smallest absolute Gasteiger partial charge is 0.225 e. The van der Waals surface area contributed by atoms with Gasteiger partial charge in [-0.05, 0) is 17.9 Å². The zero-order valence-corrected chi connectivity index (χ0v) is 9.77. The molecule has 2 rings (SSSR count). The molecule has 0 aromatic heterocycles. The highest BCUT2D eigenvalue weighted by Crippen LogP contribution is 2.20. The zero-order chi connectivity index (χ0) is 10.8. The molecule has 0 saturated carbocycles. The fourth-order valence-corrected chi connectivity index (χ4v) is 1.94. The van der Waals surface area contributed by atoms with E-state index in [1.807, 2.05) is 6.21 Å². The number of aliphatic imine (C=N–C) groups is 2. The van der Waals surface area contributed by atoms with Gasteiger partial charge in [0.05, 0.1) is 6.04 Å². The molecule has 0 bridgehead atoms. The Hall–Kier alpha value is -1.12. The molecule has 0 aromatic carbocycles.